The average Bonchev–Trinajstić information content (AvgIpc) is 3.30. The summed E-state index contributed by atoms with van der Waals surface area (Å²) >= 11 is 1.24. The molecule has 0 fully saturated rings. The molecular formula is C31H28N2O6S. The molecule has 1 aliphatic heterocycles. The summed E-state index contributed by atoms with van der Waals surface area (Å²) in [5.41, 5.74) is 2.55. The van der Waals surface area contributed by atoms with Crippen molar-refractivity contribution in [2.24, 2.45) is 4.99 Å². The maximum Gasteiger partial charge on any atom is 0.338 e. The van der Waals surface area contributed by atoms with Crippen LogP contribution < -0.4 is 29.1 Å². The molecular weight excluding hydrogens is 528 g/mol. The molecule has 0 bridgehead atoms. The van der Waals surface area contributed by atoms with Gasteiger partial charge >= 0.3 is 5.97 Å². The van der Waals surface area contributed by atoms with E-state index in [1.807, 2.05) is 54.6 Å². The monoisotopic (exact) mass is 556 g/mol. The van der Waals surface area contributed by atoms with Gasteiger partial charge in [0.15, 0.2) is 4.80 Å². The third-order valence-electron chi connectivity index (χ3n) is 6.51. The fraction of sp³-hybridized carbons (Fsp3) is 0.194. The molecule has 8 nitrogen and oxygen atoms in total. The van der Waals surface area contributed by atoms with E-state index in [0.29, 0.717) is 43.4 Å². The first kappa shape index (κ1) is 27.0. The number of methoxy groups -OCH3 is 3. The summed E-state index contributed by atoms with van der Waals surface area (Å²) < 4.78 is 23.9. The van der Waals surface area contributed by atoms with Crippen LogP contribution in [0.2, 0.25) is 0 Å². The van der Waals surface area contributed by atoms with Crippen molar-refractivity contribution in [1.29, 1.82) is 0 Å². The molecule has 5 rings (SSSR count). The summed E-state index contributed by atoms with van der Waals surface area (Å²) in [6.45, 7) is 1.92. The van der Waals surface area contributed by atoms with Gasteiger partial charge in [-0.2, -0.15) is 0 Å². The highest BCUT2D eigenvalue weighted by molar-refractivity contribution is 7.07. The van der Waals surface area contributed by atoms with Crippen molar-refractivity contribution in [1.82, 2.24) is 4.57 Å². The largest absolute Gasteiger partial charge is 0.497 e. The predicted molar refractivity (Wildman–Crippen MR) is 154 cm³/mol. The van der Waals surface area contributed by atoms with E-state index in [2.05, 4.69) is 0 Å². The molecule has 0 radical (unpaired) electrons. The molecule has 0 amide bonds. The number of benzene rings is 3. The van der Waals surface area contributed by atoms with Gasteiger partial charge in [0.2, 0.25) is 0 Å². The highest BCUT2D eigenvalue weighted by Gasteiger charge is 2.35. The summed E-state index contributed by atoms with van der Waals surface area (Å²) in [5, 5.41) is 0. The van der Waals surface area contributed by atoms with Gasteiger partial charge in [0, 0.05) is 11.1 Å². The van der Waals surface area contributed by atoms with Gasteiger partial charge in [0.25, 0.3) is 5.56 Å². The maximum absolute atomic E-state index is 14.1. The van der Waals surface area contributed by atoms with Crippen LogP contribution in [-0.2, 0) is 9.53 Å². The van der Waals surface area contributed by atoms with E-state index in [-0.39, 0.29) is 17.7 Å². The van der Waals surface area contributed by atoms with Crippen molar-refractivity contribution >= 4 is 29.1 Å². The van der Waals surface area contributed by atoms with Gasteiger partial charge in [-0.1, -0.05) is 53.8 Å². The first-order chi connectivity index (χ1) is 19.5. The Morgan fingerprint density at radius 3 is 2.40 bits per heavy atom. The number of thiazole rings is 1. The molecule has 9 heteroatoms. The Hall–Kier alpha value is -4.63. The average molecular weight is 557 g/mol. The number of esters is 1. The van der Waals surface area contributed by atoms with E-state index in [4.69, 9.17) is 23.9 Å². The van der Waals surface area contributed by atoms with E-state index in [1.54, 1.807) is 57.1 Å². The van der Waals surface area contributed by atoms with Crippen LogP contribution in [0.4, 0.5) is 0 Å². The Balaban J connectivity index is 1.84. The van der Waals surface area contributed by atoms with Gasteiger partial charge < -0.3 is 18.9 Å². The molecule has 0 saturated carbocycles. The zero-order valence-electron chi connectivity index (χ0n) is 22.5. The lowest BCUT2D eigenvalue weighted by molar-refractivity contribution is -0.138. The van der Waals surface area contributed by atoms with Gasteiger partial charge in [-0.15, -0.1) is 0 Å². The maximum atomic E-state index is 14.1. The van der Waals surface area contributed by atoms with Crippen LogP contribution in [0.15, 0.2) is 88.2 Å². The van der Waals surface area contributed by atoms with Crippen LogP contribution in [0.25, 0.3) is 11.8 Å². The number of fused-ring (bicyclic) bond motifs is 1. The lowest BCUT2D eigenvalue weighted by atomic mass is 9.93. The minimum atomic E-state index is -0.796. The van der Waals surface area contributed by atoms with Gasteiger partial charge in [0.05, 0.1) is 49.8 Å². The number of carbonyl (C=O) groups excluding carboxylic acids is 1. The summed E-state index contributed by atoms with van der Waals surface area (Å²) in [7, 11) is 4.72. The lowest BCUT2D eigenvalue weighted by Crippen LogP contribution is -2.40. The first-order valence-electron chi connectivity index (χ1n) is 12.6. The molecule has 1 atom stereocenters. The Morgan fingerprint density at radius 2 is 1.70 bits per heavy atom. The minimum Gasteiger partial charge on any atom is -0.497 e. The van der Waals surface area contributed by atoms with Crippen LogP contribution in [0.3, 0.4) is 0 Å². The molecule has 4 aromatic rings. The molecule has 0 N–H and O–H groups in total. The number of rotatable bonds is 8. The van der Waals surface area contributed by atoms with Gasteiger partial charge in [-0.05, 0) is 48.9 Å². The molecule has 0 aliphatic carbocycles. The summed E-state index contributed by atoms with van der Waals surface area (Å²) in [6, 6.07) is 21.3. The van der Waals surface area contributed by atoms with Crippen LogP contribution in [0.1, 0.15) is 29.7 Å². The zero-order chi connectivity index (χ0) is 28.2. The smallest absolute Gasteiger partial charge is 0.338 e. The van der Waals surface area contributed by atoms with E-state index in [1.165, 1.54) is 11.3 Å². The summed E-state index contributed by atoms with van der Waals surface area (Å²) in [6.07, 6.45) is 1.75. The number of ether oxygens (including phenoxy) is 4. The van der Waals surface area contributed by atoms with E-state index in [9.17, 15) is 9.59 Å². The molecule has 2 heterocycles. The Morgan fingerprint density at radius 1 is 0.950 bits per heavy atom. The minimum absolute atomic E-state index is 0.176. The topological polar surface area (TPSA) is 88.4 Å². The normalized spacial score (nSPS) is 14.8. The van der Waals surface area contributed by atoms with E-state index >= 15 is 0 Å². The van der Waals surface area contributed by atoms with Crippen molar-refractivity contribution in [2.45, 2.75) is 13.0 Å². The quantitative estimate of drug-likeness (QED) is 0.306. The van der Waals surface area contributed by atoms with E-state index in [0.717, 1.165) is 5.56 Å². The van der Waals surface area contributed by atoms with Crippen LogP contribution in [-0.4, -0.2) is 38.5 Å². The second-order valence-electron chi connectivity index (χ2n) is 8.82. The van der Waals surface area contributed by atoms with Crippen LogP contribution >= 0.6 is 11.3 Å². The fourth-order valence-corrected chi connectivity index (χ4v) is 5.65. The van der Waals surface area contributed by atoms with Crippen molar-refractivity contribution in [3.63, 3.8) is 0 Å². The molecule has 204 valence electrons. The van der Waals surface area contributed by atoms with Crippen LogP contribution in [0, 0.1) is 0 Å². The molecule has 1 aliphatic rings. The number of hydrogen-bond acceptors (Lipinski definition) is 8. The van der Waals surface area contributed by atoms with E-state index < -0.39 is 12.0 Å². The van der Waals surface area contributed by atoms with Gasteiger partial charge in [0.1, 0.15) is 17.2 Å². The summed E-state index contributed by atoms with van der Waals surface area (Å²) in [5.74, 6) is 1.28. The molecule has 0 spiro atoms. The number of carbonyl (C=O) groups is 1. The molecule has 1 aromatic heterocycles. The van der Waals surface area contributed by atoms with Gasteiger partial charge in [-0.25, -0.2) is 9.79 Å². The second kappa shape index (κ2) is 11.6. The standard InChI is InChI=1S/C31H28N2O6S/c1-5-39-30(35)26-27(19-10-7-6-8-11-19)32-31-33(28(26)20-12-9-13-22(16-20)36-2)29(34)25(40-31)18-21-17-23(37-3)14-15-24(21)38-4/h6-18,28H,5H2,1-4H3. The SMILES string of the molecule is CCOC(=O)C1=C(c2ccccc2)N=c2sc(=Cc3cc(OC)ccc3OC)c(=O)n2C1c1cccc(OC)c1. The highest BCUT2D eigenvalue weighted by atomic mass is 32.1. The van der Waals surface area contributed by atoms with Gasteiger partial charge in [-0.3, -0.25) is 9.36 Å². The molecule has 0 saturated heterocycles. The third-order valence-corrected chi connectivity index (χ3v) is 7.49. The highest BCUT2D eigenvalue weighted by Crippen LogP contribution is 2.36. The zero-order valence-corrected chi connectivity index (χ0v) is 23.4. The number of hydrogen-bond donors (Lipinski definition) is 0. The predicted octanol–water partition coefficient (Wildman–Crippen LogP) is 3.96. The molecule has 1 unspecified atom stereocenters. The van der Waals surface area contributed by atoms with Crippen LogP contribution in [0.5, 0.6) is 17.2 Å². The molecule has 40 heavy (non-hydrogen) atoms. The number of aromatic nitrogens is 1. The molecule has 3 aromatic carbocycles. The number of nitrogens with zero attached hydrogens (tertiary/aromatic N) is 2. The van der Waals surface area contributed by atoms with Crippen molar-refractivity contribution in [3.8, 4) is 17.2 Å². The third kappa shape index (κ3) is 5.03. The Bertz CT molecular complexity index is 1770. The van der Waals surface area contributed by atoms with Crippen molar-refractivity contribution in [2.75, 3.05) is 27.9 Å². The van der Waals surface area contributed by atoms with Crippen molar-refractivity contribution in [3.05, 3.63) is 115 Å². The Kier molecular flexibility index (Phi) is 7.84. The summed E-state index contributed by atoms with van der Waals surface area (Å²) in [4.78, 5) is 33.0. The Labute approximate surface area is 235 Å². The fourth-order valence-electron chi connectivity index (χ4n) is 4.66. The van der Waals surface area contributed by atoms with Crippen molar-refractivity contribution < 1.29 is 23.7 Å². The second-order valence-corrected chi connectivity index (χ2v) is 9.83. The lowest BCUT2D eigenvalue weighted by Gasteiger charge is -2.26. The first-order valence-corrected chi connectivity index (χ1v) is 13.4.